The van der Waals surface area contributed by atoms with Crippen molar-refractivity contribution in [1.82, 2.24) is 0 Å². The molecule has 13 heavy (non-hydrogen) atoms. The average molecular weight is 242 g/mol. The summed E-state index contributed by atoms with van der Waals surface area (Å²) in [6, 6.07) is 2.70. The van der Waals surface area contributed by atoms with Gasteiger partial charge in [0.15, 0.2) is 0 Å². The Morgan fingerprint density at radius 2 is 2.15 bits per heavy atom. The van der Waals surface area contributed by atoms with Crippen molar-refractivity contribution in [3.8, 4) is 0 Å². The summed E-state index contributed by atoms with van der Waals surface area (Å²) in [6.45, 7) is 3.52. The van der Waals surface area contributed by atoms with E-state index in [1.54, 1.807) is 0 Å². The van der Waals surface area contributed by atoms with Crippen molar-refractivity contribution in [2.45, 2.75) is 0 Å². The number of nitrogens with one attached hydrogen (secondary N) is 1. The molecule has 1 aliphatic rings. The summed E-state index contributed by atoms with van der Waals surface area (Å²) in [7, 11) is 0. The van der Waals surface area contributed by atoms with E-state index in [4.69, 9.17) is 0 Å². The molecule has 4 heteroatoms. The lowest BCUT2D eigenvalue weighted by atomic mass is 10.1. The molecule has 0 radical (unpaired) electrons. The summed E-state index contributed by atoms with van der Waals surface area (Å²) in [5.41, 5.74) is 1.20. The molecule has 0 unspecified atom stereocenters. The van der Waals surface area contributed by atoms with Crippen molar-refractivity contribution in [2.75, 3.05) is 5.32 Å². The maximum Gasteiger partial charge on any atom is 0.210 e. The van der Waals surface area contributed by atoms with Crippen molar-refractivity contribution in [1.29, 1.82) is 0 Å². The molecule has 1 N–H and O–H groups in total. The van der Waals surface area contributed by atoms with E-state index < -0.39 is 5.82 Å². The molecule has 0 aromatic heterocycles. The number of hydrogen-bond donors (Lipinski definition) is 1. The molecular weight excluding hydrogens is 237 g/mol. The summed E-state index contributed by atoms with van der Waals surface area (Å²) in [5, 5.41) is 2.73. The van der Waals surface area contributed by atoms with Crippen molar-refractivity contribution >= 4 is 27.4 Å². The third kappa shape index (κ3) is 1.09. The lowest BCUT2D eigenvalue weighted by molar-refractivity contribution is 0.104. The number of rotatable bonds is 0. The maximum absolute atomic E-state index is 13.0. The van der Waals surface area contributed by atoms with Crippen LogP contribution in [-0.2, 0) is 0 Å². The van der Waals surface area contributed by atoms with Crippen LogP contribution in [0.25, 0.3) is 0 Å². The van der Waals surface area contributed by atoms with E-state index in [-0.39, 0.29) is 16.0 Å². The minimum absolute atomic E-state index is 0.185. The zero-order valence-electron chi connectivity index (χ0n) is 6.53. The molecule has 0 aliphatic carbocycles. The Labute approximate surface area is 82.6 Å². The molecule has 0 fully saturated rings. The fourth-order valence-corrected chi connectivity index (χ4v) is 1.68. The smallest absolute Gasteiger partial charge is 0.210 e. The van der Waals surface area contributed by atoms with Gasteiger partial charge in [-0.15, -0.1) is 0 Å². The SMILES string of the molecule is C=C1Nc2c(ccc(F)c2Br)C1=O. The van der Waals surface area contributed by atoms with Crippen LogP contribution in [-0.4, -0.2) is 5.78 Å². The Kier molecular flexibility index (Phi) is 1.73. The third-order valence-corrected chi connectivity index (χ3v) is 2.66. The van der Waals surface area contributed by atoms with Gasteiger partial charge >= 0.3 is 0 Å². The van der Waals surface area contributed by atoms with Gasteiger partial charge in [0.05, 0.1) is 15.9 Å². The van der Waals surface area contributed by atoms with Crippen LogP contribution in [0, 0.1) is 5.82 Å². The van der Waals surface area contributed by atoms with Crippen LogP contribution in [0.1, 0.15) is 10.4 Å². The van der Waals surface area contributed by atoms with Crippen LogP contribution in [0.5, 0.6) is 0 Å². The van der Waals surface area contributed by atoms with E-state index >= 15 is 0 Å². The van der Waals surface area contributed by atoms with E-state index in [0.717, 1.165) is 0 Å². The molecule has 1 aromatic rings. The van der Waals surface area contributed by atoms with Crippen molar-refractivity contribution in [3.05, 3.63) is 40.3 Å². The van der Waals surface area contributed by atoms with Crippen LogP contribution in [0.15, 0.2) is 28.9 Å². The topological polar surface area (TPSA) is 29.1 Å². The first kappa shape index (κ1) is 8.44. The fourth-order valence-electron chi connectivity index (χ4n) is 1.23. The first-order valence-electron chi connectivity index (χ1n) is 3.60. The molecule has 0 saturated carbocycles. The second kappa shape index (κ2) is 2.67. The normalized spacial score (nSPS) is 14.3. The largest absolute Gasteiger partial charge is 0.351 e. The quantitative estimate of drug-likeness (QED) is 0.708. The molecule has 1 heterocycles. The average Bonchev–Trinajstić information content (AvgIpc) is 2.38. The van der Waals surface area contributed by atoms with Crippen LogP contribution in [0.3, 0.4) is 0 Å². The van der Waals surface area contributed by atoms with Crippen LogP contribution < -0.4 is 5.32 Å². The van der Waals surface area contributed by atoms with Gasteiger partial charge in [0.1, 0.15) is 5.82 Å². The highest BCUT2D eigenvalue weighted by Gasteiger charge is 2.26. The Hall–Kier alpha value is -1.16. The standard InChI is InChI=1S/C9H5BrFNO/c1-4-9(13)5-2-3-6(11)7(10)8(5)12-4/h2-3,12H,1H2. The number of anilines is 1. The van der Waals surface area contributed by atoms with Crippen molar-refractivity contribution < 1.29 is 9.18 Å². The predicted octanol–water partition coefficient (Wildman–Crippen LogP) is 2.71. The van der Waals surface area contributed by atoms with Gasteiger partial charge in [-0.3, -0.25) is 4.79 Å². The minimum atomic E-state index is -0.395. The van der Waals surface area contributed by atoms with Crippen molar-refractivity contribution in [2.24, 2.45) is 0 Å². The number of fused-ring (bicyclic) bond motifs is 1. The molecule has 0 saturated heterocycles. The first-order chi connectivity index (χ1) is 6.11. The first-order valence-corrected chi connectivity index (χ1v) is 4.39. The summed E-state index contributed by atoms with van der Waals surface area (Å²) < 4.78 is 13.3. The van der Waals surface area contributed by atoms with Gasteiger partial charge in [0.25, 0.3) is 0 Å². The third-order valence-electron chi connectivity index (χ3n) is 1.89. The van der Waals surface area contributed by atoms with Gasteiger partial charge in [-0.05, 0) is 28.1 Å². The minimum Gasteiger partial charge on any atom is -0.351 e. The number of ketones is 1. The number of halogens is 2. The molecule has 66 valence electrons. The van der Waals surface area contributed by atoms with Gasteiger partial charge in [-0.1, -0.05) is 6.58 Å². The van der Waals surface area contributed by atoms with Gasteiger partial charge in [0.2, 0.25) is 5.78 Å². The highest BCUT2D eigenvalue weighted by Crippen LogP contribution is 2.35. The zero-order chi connectivity index (χ0) is 9.59. The van der Waals surface area contributed by atoms with Gasteiger partial charge < -0.3 is 5.32 Å². The molecule has 0 atom stereocenters. The lowest BCUT2D eigenvalue weighted by Crippen LogP contribution is -1.96. The second-order valence-electron chi connectivity index (χ2n) is 2.72. The highest BCUT2D eigenvalue weighted by atomic mass is 79.9. The van der Waals surface area contributed by atoms with Gasteiger partial charge in [-0.25, -0.2) is 4.39 Å². The van der Waals surface area contributed by atoms with Crippen LogP contribution >= 0.6 is 15.9 Å². The number of carbonyl (C=O) groups is 1. The second-order valence-corrected chi connectivity index (χ2v) is 3.51. The zero-order valence-corrected chi connectivity index (χ0v) is 8.11. The van der Waals surface area contributed by atoms with Crippen LogP contribution in [0.4, 0.5) is 10.1 Å². The Bertz CT molecular complexity index is 428. The number of hydrogen-bond acceptors (Lipinski definition) is 2. The molecule has 1 aliphatic heterocycles. The predicted molar refractivity (Wildman–Crippen MR) is 51.2 cm³/mol. The fraction of sp³-hybridized carbons (Fsp3) is 0. The van der Waals surface area contributed by atoms with E-state index in [2.05, 4.69) is 27.8 Å². The van der Waals surface area contributed by atoms with Crippen molar-refractivity contribution in [3.63, 3.8) is 0 Å². The van der Waals surface area contributed by atoms with Crippen LogP contribution in [0.2, 0.25) is 0 Å². The Morgan fingerprint density at radius 1 is 1.46 bits per heavy atom. The Morgan fingerprint density at radius 3 is 2.85 bits per heavy atom. The molecule has 0 spiro atoms. The molecular formula is C9H5BrFNO. The summed E-state index contributed by atoms with van der Waals surface area (Å²) in [5.74, 6) is -0.579. The summed E-state index contributed by atoms with van der Waals surface area (Å²) in [6.07, 6.45) is 0. The monoisotopic (exact) mass is 241 g/mol. The summed E-state index contributed by atoms with van der Waals surface area (Å²) >= 11 is 3.06. The highest BCUT2D eigenvalue weighted by molar-refractivity contribution is 9.10. The number of allylic oxidation sites excluding steroid dienone is 1. The molecule has 2 rings (SSSR count). The van der Waals surface area contributed by atoms with Gasteiger partial charge in [0, 0.05) is 5.56 Å². The molecule has 1 aromatic carbocycles. The molecule has 0 bridgehead atoms. The number of carbonyl (C=O) groups excluding carboxylic acids is 1. The van der Waals surface area contributed by atoms with E-state index in [0.29, 0.717) is 11.3 Å². The maximum atomic E-state index is 13.0. The molecule has 0 amide bonds. The van der Waals surface area contributed by atoms with E-state index in [1.165, 1.54) is 12.1 Å². The lowest BCUT2D eigenvalue weighted by Gasteiger charge is -2.01. The summed E-state index contributed by atoms with van der Waals surface area (Å²) in [4.78, 5) is 11.4. The molecule has 2 nitrogen and oxygen atoms in total. The number of benzene rings is 1. The number of Topliss-reactive ketones (excluding diaryl/α,β-unsaturated/α-hetero) is 1. The van der Waals surface area contributed by atoms with Gasteiger partial charge in [-0.2, -0.15) is 0 Å². The van der Waals surface area contributed by atoms with E-state index in [9.17, 15) is 9.18 Å². The van der Waals surface area contributed by atoms with E-state index in [1.807, 2.05) is 0 Å². The Balaban J connectivity index is 2.70.